The van der Waals surface area contributed by atoms with Crippen LogP contribution in [0.25, 0.3) is 0 Å². The predicted octanol–water partition coefficient (Wildman–Crippen LogP) is 3.58. The van der Waals surface area contributed by atoms with Gasteiger partial charge in [-0.3, -0.25) is 0 Å². The highest BCUT2D eigenvalue weighted by atomic mass is 79.9. The molecule has 0 saturated heterocycles. The van der Waals surface area contributed by atoms with Crippen molar-refractivity contribution in [1.29, 1.82) is 0 Å². The third-order valence-corrected chi connectivity index (χ3v) is 3.88. The Balaban J connectivity index is 2.49. The molecule has 0 atom stereocenters. The van der Waals surface area contributed by atoms with E-state index >= 15 is 0 Å². The summed E-state index contributed by atoms with van der Waals surface area (Å²) in [6, 6.07) is 3.36. The molecule has 2 rings (SSSR count). The van der Waals surface area contributed by atoms with Gasteiger partial charge in [-0.1, -0.05) is 17.7 Å². The highest BCUT2D eigenvalue weighted by Crippen LogP contribution is 2.43. The van der Waals surface area contributed by atoms with E-state index in [0.717, 1.165) is 24.8 Å². The van der Waals surface area contributed by atoms with E-state index in [0.29, 0.717) is 4.47 Å². The molecule has 2 N–H and O–H groups in total. The maximum Gasteiger partial charge on any atom is 0.156 e. The minimum absolute atomic E-state index is 0.128. The van der Waals surface area contributed by atoms with E-state index in [1.165, 1.54) is 0 Å². The number of benzene rings is 1. The quantitative estimate of drug-likeness (QED) is 0.781. The van der Waals surface area contributed by atoms with Crippen molar-refractivity contribution in [1.82, 2.24) is 0 Å². The first-order chi connectivity index (χ1) is 6.54. The molecular weight excluding hydrogens is 268 g/mol. The molecule has 0 spiro atoms. The van der Waals surface area contributed by atoms with Crippen molar-refractivity contribution < 1.29 is 4.39 Å². The van der Waals surface area contributed by atoms with Crippen LogP contribution in [0.1, 0.15) is 24.8 Å². The molecule has 1 aromatic rings. The Morgan fingerprint density at radius 2 is 2.07 bits per heavy atom. The van der Waals surface area contributed by atoms with Crippen molar-refractivity contribution in [3.05, 3.63) is 33.0 Å². The molecule has 4 heteroatoms. The van der Waals surface area contributed by atoms with Gasteiger partial charge in [-0.25, -0.2) is 4.39 Å². The Bertz CT molecular complexity index is 377. The summed E-state index contributed by atoms with van der Waals surface area (Å²) < 4.78 is 13.9. The molecular formula is C10H10BrClFN. The Morgan fingerprint density at radius 1 is 1.43 bits per heavy atom. The fourth-order valence-electron chi connectivity index (χ4n) is 1.74. The van der Waals surface area contributed by atoms with Gasteiger partial charge in [0.2, 0.25) is 0 Å². The molecule has 1 aliphatic carbocycles. The molecule has 0 unspecified atom stereocenters. The molecule has 1 fully saturated rings. The van der Waals surface area contributed by atoms with Crippen LogP contribution in [-0.2, 0) is 5.54 Å². The first-order valence-corrected chi connectivity index (χ1v) is 5.64. The smallest absolute Gasteiger partial charge is 0.156 e. The first-order valence-electron chi connectivity index (χ1n) is 4.47. The summed E-state index contributed by atoms with van der Waals surface area (Å²) in [4.78, 5) is 0. The van der Waals surface area contributed by atoms with Gasteiger partial charge in [-0.2, -0.15) is 0 Å². The molecule has 0 bridgehead atoms. The van der Waals surface area contributed by atoms with Crippen LogP contribution in [0.2, 0.25) is 5.02 Å². The molecule has 0 aliphatic heterocycles. The third kappa shape index (κ3) is 1.47. The van der Waals surface area contributed by atoms with Crippen molar-refractivity contribution in [2.45, 2.75) is 24.8 Å². The Hall–Kier alpha value is -0.120. The number of rotatable bonds is 1. The summed E-state index contributed by atoms with van der Waals surface area (Å²) in [7, 11) is 0. The standard InChI is InChI=1S/C10H10BrClFN/c11-8-6(10(14)4-1-5-10)2-3-7(12)9(8)13/h2-3H,1,4-5,14H2. The largest absolute Gasteiger partial charge is 0.321 e. The van der Waals surface area contributed by atoms with Crippen molar-refractivity contribution in [2.75, 3.05) is 0 Å². The Morgan fingerprint density at radius 3 is 2.57 bits per heavy atom. The van der Waals surface area contributed by atoms with E-state index in [1.807, 2.05) is 0 Å². The second kappa shape index (κ2) is 3.47. The lowest BCUT2D eigenvalue weighted by atomic mass is 9.73. The lowest BCUT2D eigenvalue weighted by Crippen LogP contribution is -2.43. The zero-order chi connectivity index (χ0) is 10.3. The Labute approximate surface area is 95.6 Å². The van der Waals surface area contributed by atoms with Gasteiger partial charge >= 0.3 is 0 Å². The SMILES string of the molecule is NC1(c2ccc(Cl)c(F)c2Br)CCC1. The summed E-state index contributed by atoms with van der Waals surface area (Å²) in [6.45, 7) is 0. The fourth-order valence-corrected chi connectivity index (χ4v) is 2.75. The van der Waals surface area contributed by atoms with Gasteiger partial charge in [-0.05, 0) is 46.8 Å². The lowest BCUT2D eigenvalue weighted by molar-refractivity contribution is 0.251. The zero-order valence-electron chi connectivity index (χ0n) is 7.49. The van der Waals surface area contributed by atoms with Crippen molar-refractivity contribution >= 4 is 27.5 Å². The second-order valence-electron chi connectivity index (χ2n) is 3.73. The van der Waals surface area contributed by atoms with Gasteiger partial charge in [-0.15, -0.1) is 0 Å². The number of hydrogen-bond acceptors (Lipinski definition) is 1. The molecule has 0 heterocycles. The van der Waals surface area contributed by atoms with Crippen LogP contribution in [-0.4, -0.2) is 0 Å². The molecule has 76 valence electrons. The van der Waals surface area contributed by atoms with Crippen LogP contribution >= 0.6 is 27.5 Å². The average molecular weight is 279 g/mol. The van der Waals surface area contributed by atoms with E-state index in [2.05, 4.69) is 15.9 Å². The van der Waals surface area contributed by atoms with E-state index < -0.39 is 5.82 Å². The van der Waals surface area contributed by atoms with Crippen molar-refractivity contribution in [3.63, 3.8) is 0 Å². The van der Waals surface area contributed by atoms with Gasteiger partial charge in [0.15, 0.2) is 5.82 Å². The van der Waals surface area contributed by atoms with Crippen LogP contribution in [0.3, 0.4) is 0 Å². The normalized spacial score (nSPS) is 19.1. The van der Waals surface area contributed by atoms with Crippen LogP contribution in [0.5, 0.6) is 0 Å². The van der Waals surface area contributed by atoms with Gasteiger partial charge in [0, 0.05) is 5.54 Å². The molecule has 1 aliphatic rings. The lowest BCUT2D eigenvalue weighted by Gasteiger charge is -2.39. The third-order valence-electron chi connectivity index (χ3n) is 2.82. The van der Waals surface area contributed by atoms with E-state index in [9.17, 15) is 4.39 Å². The van der Waals surface area contributed by atoms with Crippen molar-refractivity contribution in [3.8, 4) is 0 Å². The highest BCUT2D eigenvalue weighted by molar-refractivity contribution is 9.10. The Kier molecular flexibility index (Phi) is 2.58. The van der Waals surface area contributed by atoms with Gasteiger partial charge in [0.25, 0.3) is 0 Å². The maximum absolute atomic E-state index is 13.4. The van der Waals surface area contributed by atoms with Crippen LogP contribution in [0.4, 0.5) is 4.39 Å². The van der Waals surface area contributed by atoms with Crippen LogP contribution in [0, 0.1) is 5.82 Å². The molecule has 0 amide bonds. The average Bonchev–Trinajstić information content (AvgIpc) is 2.11. The fraction of sp³-hybridized carbons (Fsp3) is 0.400. The zero-order valence-corrected chi connectivity index (χ0v) is 9.83. The summed E-state index contributed by atoms with van der Waals surface area (Å²) in [5, 5.41) is 0.128. The molecule has 1 saturated carbocycles. The van der Waals surface area contributed by atoms with Crippen LogP contribution in [0.15, 0.2) is 16.6 Å². The van der Waals surface area contributed by atoms with E-state index in [4.69, 9.17) is 17.3 Å². The van der Waals surface area contributed by atoms with Gasteiger partial charge in [0.1, 0.15) is 0 Å². The molecule has 0 radical (unpaired) electrons. The highest BCUT2D eigenvalue weighted by Gasteiger charge is 2.36. The summed E-state index contributed by atoms with van der Waals surface area (Å²) >= 11 is 8.85. The summed E-state index contributed by atoms with van der Waals surface area (Å²) in [6.07, 6.45) is 2.92. The molecule has 0 aromatic heterocycles. The number of nitrogens with two attached hydrogens (primary N) is 1. The topological polar surface area (TPSA) is 26.0 Å². The van der Waals surface area contributed by atoms with Crippen molar-refractivity contribution in [2.24, 2.45) is 5.73 Å². The van der Waals surface area contributed by atoms with Crippen LogP contribution < -0.4 is 5.73 Å². The number of hydrogen-bond donors (Lipinski definition) is 1. The molecule has 1 nitrogen and oxygen atoms in total. The molecule has 1 aromatic carbocycles. The predicted molar refractivity (Wildman–Crippen MR) is 58.8 cm³/mol. The minimum Gasteiger partial charge on any atom is -0.321 e. The minimum atomic E-state index is -0.416. The van der Waals surface area contributed by atoms with E-state index in [-0.39, 0.29) is 10.6 Å². The van der Waals surface area contributed by atoms with Gasteiger partial charge in [0.05, 0.1) is 9.50 Å². The maximum atomic E-state index is 13.4. The van der Waals surface area contributed by atoms with E-state index in [1.54, 1.807) is 12.1 Å². The molecule has 14 heavy (non-hydrogen) atoms. The number of halogens is 3. The van der Waals surface area contributed by atoms with Gasteiger partial charge < -0.3 is 5.73 Å². The first kappa shape index (κ1) is 10.4. The second-order valence-corrected chi connectivity index (χ2v) is 4.93. The summed E-state index contributed by atoms with van der Waals surface area (Å²) in [5.41, 5.74) is 6.57. The summed E-state index contributed by atoms with van der Waals surface area (Å²) in [5.74, 6) is -0.416. The monoisotopic (exact) mass is 277 g/mol.